The summed E-state index contributed by atoms with van der Waals surface area (Å²) in [6.45, 7) is 6.63. The molecule has 0 aliphatic carbocycles. The number of thiazole rings is 1. The Hall–Kier alpha value is -3.27. The van der Waals surface area contributed by atoms with Crippen LogP contribution in [0.4, 0.5) is 5.13 Å². The number of piperazine rings is 1. The summed E-state index contributed by atoms with van der Waals surface area (Å²) in [6.07, 6.45) is 0. The molecule has 5 rings (SSSR count). The Morgan fingerprint density at radius 3 is 2.22 bits per heavy atom. The van der Waals surface area contributed by atoms with Gasteiger partial charge in [-0.15, -0.1) is 0 Å². The highest BCUT2D eigenvalue weighted by atomic mass is 32.2. The number of aromatic nitrogens is 1. The van der Waals surface area contributed by atoms with Crippen LogP contribution in [0.2, 0.25) is 0 Å². The minimum absolute atomic E-state index is 0.0853. The van der Waals surface area contributed by atoms with Gasteiger partial charge in [-0.25, -0.2) is 13.4 Å². The van der Waals surface area contributed by atoms with E-state index in [0.717, 1.165) is 20.9 Å². The molecule has 37 heavy (non-hydrogen) atoms. The maximum Gasteiger partial charge on any atom is 0.253 e. The summed E-state index contributed by atoms with van der Waals surface area (Å²) in [5.74, 6) is -0.0853. The Morgan fingerprint density at radius 2 is 1.57 bits per heavy atom. The van der Waals surface area contributed by atoms with Gasteiger partial charge >= 0.3 is 0 Å². The van der Waals surface area contributed by atoms with Gasteiger partial charge in [-0.3, -0.25) is 4.79 Å². The first-order valence-corrected chi connectivity index (χ1v) is 14.6. The van der Waals surface area contributed by atoms with Gasteiger partial charge in [0.2, 0.25) is 10.0 Å². The standard InChI is InChI=1S/C28H30N4O3S2/c1-21(2)32(20-22-8-4-3-5-9-22)37(34,35)24-14-12-23(13-15-24)27(33)30-16-18-31(19-17-30)28-29-25-10-6-7-11-26(25)36-28/h3-15,21H,16-20H2,1-2H3. The van der Waals surface area contributed by atoms with Crippen LogP contribution in [0.15, 0.2) is 83.8 Å². The summed E-state index contributed by atoms with van der Waals surface area (Å²) in [5, 5.41) is 0.980. The zero-order valence-corrected chi connectivity index (χ0v) is 22.6. The fourth-order valence-electron chi connectivity index (χ4n) is 4.49. The molecule has 1 saturated heterocycles. The van der Waals surface area contributed by atoms with Gasteiger partial charge in [0.25, 0.3) is 5.91 Å². The summed E-state index contributed by atoms with van der Waals surface area (Å²) in [5.41, 5.74) is 2.42. The van der Waals surface area contributed by atoms with Crippen molar-refractivity contribution in [1.82, 2.24) is 14.2 Å². The number of hydrogen-bond donors (Lipinski definition) is 0. The number of carbonyl (C=O) groups excluding carboxylic acids is 1. The predicted molar refractivity (Wildman–Crippen MR) is 148 cm³/mol. The first kappa shape index (κ1) is 25.4. The predicted octanol–water partition coefficient (Wildman–Crippen LogP) is 4.86. The lowest BCUT2D eigenvalue weighted by Crippen LogP contribution is -2.48. The molecule has 0 saturated carbocycles. The lowest BCUT2D eigenvalue weighted by atomic mass is 10.2. The summed E-state index contributed by atoms with van der Waals surface area (Å²) < 4.78 is 29.5. The number of rotatable bonds is 7. The molecule has 0 spiro atoms. The Kier molecular flexibility index (Phi) is 7.28. The van der Waals surface area contributed by atoms with Crippen LogP contribution in [-0.2, 0) is 16.6 Å². The van der Waals surface area contributed by atoms with Crippen molar-refractivity contribution in [2.45, 2.75) is 31.3 Å². The Balaban J connectivity index is 1.25. The second-order valence-corrected chi connectivity index (χ2v) is 12.3. The molecule has 1 aliphatic heterocycles. The summed E-state index contributed by atoms with van der Waals surface area (Å²) in [4.78, 5) is 22.1. The van der Waals surface area contributed by atoms with Crippen molar-refractivity contribution < 1.29 is 13.2 Å². The zero-order chi connectivity index (χ0) is 26.0. The lowest BCUT2D eigenvalue weighted by Gasteiger charge is -2.34. The third-order valence-electron chi connectivity index (χ3n) is 6.59. The highest BCUT2D eigenvalue weighted by molar-refractivity contribution is 7.89. The van der Waals surface area contributed by atoms with Gasteiger partial charge in [0.05, 0.1) is 15.1 Å². The van der Waals surface area contributed by atoms with Crippen molar-refractivity contribution in [3.8, 4) is 0 Å². The quantitative estimate of drug-likeness (QED) is 0.339. The molecular formula is C28H30N4O3S2. The average molecular weight is 535 g/mol. The molecule has 1 aliphatic rings. The normalized spacial score (nSPS) is 14.6. The summed E-state index contributed by atoms with van der Waals surface area (Å²) in [6, 6.07) is 23.8. The van der Waals surface area contributed by atoms with Gasteiger partial charge in [0.15, 0.2) is 5.13 Å². The molecule has 0 N–H and O–H groups in total. The Labute approximate surface area is 222 Å². The number of benzene rings is 3. The van der Waals surface area contributed by atoms with E-state index in [-0.39, 0.29) is 16.8 Å². The van der Waals surface area contributed by atoms with Gasteiger partial charge in [-0.1, -0.05) is 53.8 Å². The fourth-order valence-corrected chi connectivity index (χ4v) is 7.13. The van der Waals surface area contributed by atoms with Crippen LogP contribution in [0.3, 0.4) is 0 Å². The van der Waals surface area contributed by atoms with E-state index in [0.29, 0.717) is 38.3 Å². The van der Waals surface area contributed by atoms with Crippen molar-refractivity contribution in [2.75, 3.05) is 31.1 Å². The van der Waals surface area contributed by atoms with Crippen molar-refractivity contribution in [2.24, 2.45) is 0 Å². The highest BCUT2D eigenvalue weighted by Crippen LogP contribution is 2.29. The Bertz CT molecular complexity index is 1440. The molecule has 1 fully saturated rings. The number of sulfonamides is 1. The van der Waals surface area contributed by atoms with E-state index in [1.54, 1.807) is 35.6 Å². The molecule has 9 heteroatoms. The molecule has 0 atom stereocenters. The monoisotopic (exact) mass is 534 g/mol. The van der Waals surface area contributed by atoms with Crippen LogP contribution in [-0.4, -0.2) is 60.7 Å². The number of hydrogen-bond acceptors (Lipinski definition) is 6. The van der Waals surface area contributed by atoms with Gasteiger partial charge in [0.1, 0.15) is 0 Å². The van der Waals surface area contributed by atoms with Crippen molar-refractivity contribution in [3.05, 3.63) is 90.0 Å². The van der Waals surface area contributed by atoms with Gasteiger partial charge in [-0.2, -0.15) is 4.31 Å². The maximum absolute atomic E-state index is 13.4. The van der Waals surface area contributed by atoms with Gasteiger partial charge in [-0.05, 0) is 55.8 Å². The minimum atomic E-state index is -3.72. The number of nitrogens with zero attached hydrogens (tertiary/aromatic N) is 4. The van der Waals surface area contributed by atoms with E-state index < -0.39 is 10.0 Å². The van der Waals surface area contributed by atoms with Crippen molar-refractivity contribution in [3.63, 3.8) is 0 Å². The van der Waals surface area contributed by atoms with E-state index in [9.17, 15) is 13.2 Å². The number of amides is 1. The topological polar surface area (TPSA) is 73.8 Å². The molecular weight excluding hydrogens is 504 g/mol. The van der Waals surface area contributed by atoms with Crippen LogP contribution >= 0.6 is 11.3 Å². The Morgan fingerprint density at radius 1 is 0.919 bits per heavy atom. The third-order valence-corrected chi connectivity index (χ3v) is 9.72. The third kappa shape index (κ3) is 5.39. The number of fused-ring (bicyclic) bond motifs is 1. The summed E-state index contributed by atoms with van der Waals surface area (Å²) in [7, 11) is -3.72. The van der Waals surface area contributed by atoms with Crippen LogP contribution in [0.25, 0.3) is 10.2 Å². The SMILES string of the molecule is CC(C)N(Cc1ccccc1)S(=O)(=O)c1ccc(C(=O)N2CCN(c3nc4ccccc4s3)CC2)cc1. The van der Waals surface area contributed by atoms with Gasteiger partial charge < -0.3 is 9.80 Å². The number of para-hydroxylation sites is 1. The highest BCUT2D eigenvalue weighted by Gasteiger charge is 2.28. The number of anilines is 1. The van der Waals surface area contributed by atoms with Crippen molar-refractivity contribution >= 4 is 42.6 Å². The van der Waals surface area contributed by atoms with E-state index in [1.165, 1.54) is 4.31 Å². The largest absolute Gasteiger partial charge is 0.345 e. The molecule has 192 valence electrons. The first-order valence-electron chi connectivity index (χ1n) is 12.4. The zero-order valence-electron chi connectivity index (χ0n) is 20.9. The molecule has 7 nitrogen and oxygen atoms in total. The molecule has 1 aromatic heterocycles. The van der Waals surface area contributed by atoms with Gasteiger partial charge in [0, 0.05) is 44.3 Å². The van der Waals surface area contributed by atoms with Crippen LogP contribution in [0.1, 0.15) is 29.8 Å². The molecule has 2 heterocycles. The smallest absolute Gasteiger partial charge is 0.253 e. The molecule has 0 bridgehead atoms. The lowest BCUT2D eigenvalue weighted by molar-refractivity contribution is 0.0746. The fraction of sp³-hybridized carbons (Fsp3) is 0.286. The van der Waals surface area contributed by atoms with Crippen molar-refractivity contribution in [1.29, 1.82) is 0 Å². The molecule has 0 radical (unpaired) electrons. The molecule has 1 amide bonds. The summed E-state index contributed by atoms with van der Waals surface area (Å²) >= 11 is 1.67. The minimum Gasteiger partial charge on any atom is -0.345 e. The van der Waals surface area contributed by atoms with Crippen LogP contribution < -0.4 is 4.90 Å². The molecule has 0 unspecified atom stereocenters. The molecule has 3 aromatic carbocycles. The van der Waals surface area contributed by atoms with E-state index >= 15 is 0 Å². The van der Waals surface area contributed by atoms with Crippen LogP contribution in [0.5, 0.6) is 0 Å². The second kappa shape index (κ2) is 10.6. The maximum atomic E-state index is 13.4. The second-order valence-electron chi connectivity index (χ2n) is 9.40. The van der Waals surface area contributed by atoms with E-state index in [1.807, 2.05) is 67.3 Å². The van der Waals surface area contributed by atoms with Crippen LogP contribution in [0, 0.1) is 0 Å². The number of carbonyl (C=O) groups is 1. The van der Waals surface area contributed by atoms with E-state index in [2.05, 4.69) is 11.0 Å². The molecule has 4 aromatic rings. The van der Waals surface area contributed by atoms with E-state index in [4.69, 9.17) is 4.98 Å². The average Bonchev–Trinajstić information content (AvgIpc) is 3.36. The first-order chi connectivity index (χ1) is 17.8.